The summed E-state index contributed by atoms with van der Waals surface area (Å²) in [4.78, 5) is 20.1. The monoisotopic (exact) mass is 383 g/mol. The van der Waals surface area contributed by atoms with Gasteiger partial charge in [0.1, 0.15) is 0 Å². The molecule has 0 aliphatic carbocycles. The number of benzene rings is 2. The van der Waals surface area contributed by atoms with E-state index in [2.05, 4.69) is 28.3 Å². The number of amides is 1. The highest BCUT2D eigenvalue weighted by atomic mass is 16.5. The third-order valence-electron chi connectivity index (χ3n) is 5.61. The molecule has 0 spiro atoms. The standard InChI is InChI=1S/C24H21N3O2/c1-15-7-9-18(10-8-15)21-13-20(22-16(2)26-29-23(22)25-21)24(28)27-12-11-17-5-3-4-6-19(17)14-27/h3-10,13H,11-12,14H2,1-2H3. The molecule has 3 heterocycles. The van der Waals surface area contributed by atoms with Crippen LogP contribution < -0.4 is 0 Å². The number of aromatic nitrogens is 2. The largest absolute Gasteiger partial charge is 0.335 e. The van der Waals surface area contributed by atoms with Gasteiger partial charge in [-0.05, 0) is 37.5 Å². The van der Waals surface area contributed by atoms with Crippen LogP contribution in [0.5, 0.6) is 0 Å². The molecule has 0 radical (unpaired) electrons. The molecule has 2 aromatic carbocycles. The lowest BCUT2D eigenvalue weighted by molar-refractivity contribution is 0.0736. The highest BCUT2D eigenvalue weighted by Crippen LogP contribution is 2.29. The Morgan fingerprint density at radius 2 is 1.79 bits per heavy atom. The summed E-state index contributed by atoms with van der Waals surface area (Å²) in [6.45, 7) is 5.21. The van der Waals surface area contributed by atoms with E-state index in [4.69, 9.17) is 4.52 Å². The Morgan fingerprint density at radius 1 is 1.03 bits per heavy atom. The second-order valence-corrected chi connectivity index (χ2v) is 7.61. The Labute approximate surface area is 169 Å². The van der Waals surface area contributed by atoms with Crippen molar-refractivity contribution < 1.29 is 9.32 Å². The SMILES string of the molecule is Cc1ccc(-c2cc(C(=O)N3CCc4ccccc4C3)c3c(C)noc3n2)cc1. The van der Waals surface area contributed by atoms with Crippen LogP contribution in [-0.2, 0) is 13.0 Å². The molecule has 0 saturated carbocycles. The highest BCUT2D eigenvalue weighted by Gasteiger charge is 2.26. The first kappa shape index (κ1) is 17.6. The van der Waals surface area contributed by atoms with E-state index in [0.717, 1.165) is 17.7 Å². The van der Waals surface area contributed by atoms with Crippen molar-refractivity contribution in [2.45, 2.75) is 26.8 Å². The summed E-state index contributed by atoms with van der Waals surface area (Å²) in [5.74, 6) is -0.00781. The van der Waals surface area contributed by atoms with Crippen LogP contribution in [-0.4, -0.2) is 27.5 Å². The molecule has 1 amide bonds. The Bertz CT molecular complexity index is 1220. The van der Waals surface area contributed by atoms with Crippen molar-refractivity contribution in [3.8, 4) is 11.3 Å². The predicted octanol–water partition coefficient (Wildman–Crippen LogP) is 4.71. The normalized spacial score (nSPS) is 13.5. The van der Waals surface area contributed by atoms with Crippen LogP contribution in [0.3, 0.4) is 0 Å². The summed E-state index contributed by atoms with van der Waals surface area (Å²) < 4.78 is 5.44. The van der Waals surface area contributed by atoms with E-state index < -0.39 is 0 Å². The molecule has 0 saturated heterocycles. The molecule has 0 N–H and O–H groups in total. The van der Waals surface area contributed by atoms with Gasteiger partial charge in [0.05, 0.1) is 22.3 Å². The molecule has 1 aliphatic heterocycles. The predicted molar refractivity (Wildman–Crippen MR) is 112 cm³/mol. The fourth-order valence-electron chi connectivity index (χ4n) is 3.98. The molecule has 5 rings (SSSR count). The van der Waals surface area contributed by atoms with Crippen molar-refractivity contribution in [3.63, 3.8) is 0 Å². The fraction of sp³-hybridized carbons (Fsp3) is 0.208. The first-order chi connectivity index (χ1) is 14.1. The maximum Gasteiger partial charge on any atom is 0.259 e. The van der Waals surface area contributed by atoms with Crippen LogP contribution >= 0.6 is 0 Å². The zero-order valence-electron chi connectivity index (χ0n) is 16.5. The lowest BCUT2D eigenvalue weighted by Gasteiger charge is -2.29. The van der Waals surface area contributed by atoms with Gasteiger partial charge in [0.2, 0.25) is 0 Å². The number of pyridine rings is 1. The number of fused-ring (bicyclic) bond motifs is 2. The molecule has 0 bridgehead atoms. The van der Waals surface area contributed by atoms with Gasteiger partial charge in [0, 0.05) is 18.7 Å². The van der Waals surface area contributed by atoms with E-state index in [-0.39, 0.29) is 5.91 Å². The van der Waals surface area contributed by atoms with Crippen LogP contribution in [0.2, 0.25) is 0 Å². The zero-order chi connectivity index (χ0) is 20.0. The van der Waals surface area contributed by atoms with E-state index in [1.165, 1.54) is 16.7 Å². The van der Waals surface area contributed by atoms with Crippen molar-refractivity contribution >= 4 is 17.0 Å². The Kier molecular flexibility index (Phi) is 4.16. The lowest BCUT2D eigenvalue weighted by atomic mass is 9.98. The van der Waals surface area contributed by atoms with Crippen molar-refractivity contribution in [2.24, 2.45) is 0 Å². The van der Waals surface area contributed by atoms with E-state index in [1.54, 1.807) is 0 Å². The van der Waals surface area contributed by atoms with Crippen molar-refractivity contribution in [2.75, 3.05) is 6.54 Å². The number of carbonyl (C=O) groups is 1. The molecule has 0 fully saturated rings. The topological polar surface area (TPSA) is 59.2 Å². The summed E-state index contributed by atoms with van der Waals surface area (Å²) in [7, 11) is 0. The number of aryl methyl sites for hydroxylation is 2. The minimum Gasteiger partial charge on any atom is -0.335 e. The minimum absolute atomic E-state index is 0.00781. The van der Waals surface area contributed by atoms with Crippen molar-refractivity contribution in [1.29, 1.82) is 0 Å². The Hall–Kier alpha value is -3.47. The van der Waals surface area contributed by atoms with Gasteiger partial charge in [0.25, 0.3) is 11.6 Å². The van der Waals surface area contributed by atoms with Gasteiger partial charge >= 0.3 is 0 Å². The highest BCUT2D eigenvalue weighted by molar-refractivity contribution is 6.07. The van der Waals surface area contributed by atoms with Gasteiger partial charge in [-0.3, -0.25) is 4.79 Å². The van der Waals surface area contributed by atoms with Crippen LogP contribution in [0.25, 0.3) is 22.4 Å². The van der Waals surface area contributed by atoms with E-state index in [9.17, 15) is 4.79 Å². The molecule has 144 valence electrons. The number of nitrogens with zero attached hydrogens (tertiary/aromatic N) is 3. The summed E-state index contributed by atoms with van der Waals surface area (Å²) in [5, 5.41) is 4.76. The maximum atomic E-state index is 13.5. The third-order valence-corrected chi connectivity index (χ3v) is 5.61. The maximum absolute atomic E-state index is 13.5. The molecule has 5 heteroatoms. The molecule has 0 unspecified atom stereocenters. The molecule has 4 aromatic rings. The fourth-order valence-corrected chi connectivity index (χ4v) is 3.98. The average Bonchev–Trinajstić information content (AvgIpc) is 3.13. The number of carbonyl (C=O) groups excluding carboxylic acids is 1. The first-order valence-electron chi connectivity index (χ1n) is 9.80. The lowest BCUT2D eigenvalue weighted by Crippen LogP contribution is -2.36. The van der Waals surface area contributed by atoms with Crippen LogP contribution in [0, 0.1) is 13.8 Å². The summed E-state index contributed by atoms with van der Waals surface area (Å²) in [6.07, 6.45) is 0.865. The molecule has 0 atom stereocenters. The molecule has 1 aliphatic rings. The molecular weight excluding hydrogens is 362 g/mol. The van der Waals surface area contributed by atoms with Gasteiger partial charge in [-0.15, -0.1) is 0 Å². The van der Waals surface area contributed by atoms with Crippen molar-refractivity contribution in [1.82, 2.24) is 15.0 Å². The quantitative estimate of drug-likeness (QED) is 0.503. The van der Waals surface area contributed by atoms with Crippen LogP contribution in [0.1, 0.15) is 32.7 Å². The van der Waals surface area contributed by atoms with Gasteiger partial charge in [-0.1, -0.05) is 59.3 Å². The molecule has 5 nitrogen and oxygen atoms in total. The van der Waals surface area contributed by atoms with E-state index in [0.29, 0.717) is 35.4 Å². The average molecular weight is 383 g/mol. The van der Waals surface area contributed by atoms with Gasteiger partial charge in [-0.25, -0.2) is 4.98 Å². The van der Waals surface area contributed by atoms with Gasteiger partial charge in [-0.2, -0.15) is 0 Å². The molecular formula is C24H21N3O2. The third kappa shape index (κ3) is 3.09. The number of hydrogen-bond acceptors (Lipinski definition) is 4. The summed E-state index contributed by atoms with van der Waals surface area (Å²) in [6, 6.07) is 18.3. The zero-order valence-corrected chi connectivity index (χ0v) is 16.5. The smallest absolute Gasteiger partial charge is 0.259 e. The van der Waals surface area contributed by atoms with E-state index >= 15 is 0 Å². The van der Waals surface area contributed by atoms with Gasteiger partial charge in [0.15, 0.2) is 0 Å². The number of rotatable bonds is 2. The van der Waals surface area contributed by atoms with E-state index in [1.807, 2.05) is 55.1 Å². The Balaban J connectivity index is 1.59. The van der Waals surface area contributed by atoms with Crippen LogP contribution in [0.4, 0.5) is 0 Å². The molecule has 29 heavy (non-hydrogen) atoms. The summed E-state index contributed by atoms with van der Waals surface area (Å²) >= 11 is 0. The first-order valence-corrected chi connectivity index (χ1v) is 9.80. The Morgan fingerprint density at radius 3 is 2.59 bits per heavy atom. The number of hydrogen-bond donors (Lipinski definition) is 0. The summed E-state index contributed by atoms with van der Waals surface area (Å²) in [5.41, 5.74) is 7.05. The molecule has 2 aromatic heterocycles. The van der Waals surface area contributed by atoms with Crippen molar-refractivity contribution in [3.05, 3.63) is 82.5 Å². The van der Waals surface area contributed by atoms with Crippen LogP contribution in [0.15, 0.2) is 59.1 Å². The second kappa shape index (κ2) is 6.85. The minimum atomic E-state index is -0.00781. The second-order valence-electron chi connectivity index (χ2n) is 7.61. The van der Waals surface area contributed by atoms with Gasteiger partial charge < -0.3 is 9.42 Å².